The molecule has 1 aromatic carbocycles. The van der Waals surface area contributed by atoms with E-state index in [1.54, 1.807) is 6.07 Å². The van der Waals surface area contributed by atoms with Crippen LogP contribution in [0.25, 0.3) is 0 Å². The SMILES string of the molecule is CCCN1CCN(S(=O)(=O)c2ccc3c(c2)NC(=O)CO3)CC1. The first kappa shape index (κ1) is 16.2. The van der Waals surface area contributed by atoms with Crippen LogP contribution in [0.3, 0.4) is 0 Å². The minimum atomic E-state index is -3.55. The van der Waals surface area contributed by atoms with E-state index in [-0.39, 0.29) is 17.4 Å². The maximum absolute atomic E-state index is 12.8. The van der Waals surface area contributed by atoms with Crippen molar-refractivity contribution >= 4 is 21.6 Å². The number of nitrogens with zero attached hydrogens (tertiary/aromatic N) is 2. The summed E-state index contributed by atoms with van der Waals surface area (Å²) in [4.78, 5) is 13.8. The van der Waals surface area contributed by atoms with E-state index in [1.165, 1.54) is 16.4 Å². The van der Waals surface area contributed by atoms with Crippen LogP contribution in [0, 0.1) is 0 Å². The molecule has 0 radical (unpaired) electrons. The average Bonchev–Trinajstić information content (AvgIpc) is 2.55. The summed E-state index contributed by atoms with van der Waals surface area (Å²) in [6.45, 7) is 5.54. The van der Waals surface area contributed by atoms with E-state index in [0.717, 1.165) is 26.1 Å². The number of anilines is 1. The number of hydrogen-bond donors (Lipinski definition) is 1. The van der Waals surface area contributed by atoms with Crippen LogP contribution in [0.4, 0.5) is 5.69 Å². The topological polar surface area (TPSA) is 79.0 Å². The van der Waals surface area contributed by atoms with Gasteiger partial charge in [0, 0.05) is 26.2 Å². The molecule has 23 heavy (non-hydrogen) atoms. The fourth-order valence-corrected chi connectivity index (χ4v) is 4.33. The Morgan fingerprint density at radius 1 is 1.22 bits per heavy atom. The highest BCUT2D eigenvalue weighted by atomic mass is 32.2. The van der Waals surface area contributed by atoms with Gasteiger partial charge >= 0.3 is 0 Å². The zero-order chi connectivity index (χ0) is 16.4. The first-order valence-corrected chi connectivity index (χ1v) is 9.24. The van der Waals surface area contributed by atoms with E-state index in [2.05, 4.69) is 17.1 Å². The summed E-state index contributed by atoms with van der Waals surface area (Å²) >= 11 is 0. The van der Waals surface area contributed by atoms with Crippen LogP contribution in [0.5, 0.6) is 5.75 Å². The number of carbonyl (C=O) groups excluding carboxylic acids is 1. The lowest BCUT2D eigenvalue weighted by Gasteiger charge is -2.33. The summed E-state index contributed by atoms with van der Waals surface area (Å²) in [5.41, 5.74) is 0.409. The summed E-state index contributed by atoms with van der Waals surface area (Å²) < 4.78 is 32.3. The molecule has 1 amide bonds. The molecular formula is C15H21N3O4S. The van der Waals surface area contributed by atoms with Crippen LogP contribution >= 0.6 is 0 Å². The van der Waals surface area contributed by atoms with E-state index >= 15 is 0 Å². The van der Waals surface area contributed by atoms with Crippen LogP contribution in [0.1, 0.15) is 13.3 Å². The molecule has 0 aromatic heterocycles. The first-order chi connectivity index (χ1) is 11.0. The first-order valence-electron chi connectivity index (χ1n) is 7.80. The molecule has 0 bridgehead atoms. The minimum absolute atomic E-state index is 0.0432. The number of piperazine rings is 1. The second-order valence-corrected chi connectivity index (χ2v) is 7.68. The van der Waals surface area contributed by atoms with Crippen molar-refractivity contribution in [2.75, 3.05) is 44.6 Å². The normalized spacial score (nSPS) is 19.8. The van der Waals surface area contributed by atoms with Crippen LogP contribution in [-0.4, -0.2) is 62.9 Å². The molecule has 1 N–H and O–H groups in total. The monoisotopic (exact) mass is 339 g/mol. The molecule has 126 valence electrons. The standard InChI is InChI=1S/C15H21N3O4S/c1-2-5-17-6-8-18(9-7-17)23(20,21)12-3-4-14-13(10-12)16-15(19)11-22-14/h3-4,10H,2,5-9,11H2,1H3,(H,16,19). The molecule has 2 aliphatic heterocycles. The van der Waals surface area contributed by atoms with Crippen LogP contribution < -0.4 is 10.1 Å². The van der Waals surface area contributed by atoms with Crippen molar-refractivity contribution in [3.05, 3.63) is 18.2 Å². The molecule has 1 saturated heterocycles. The van der Waals surface area contributed by atoms with Crippen molar-refractivity contribution < 1.29 is 17.9 Å². The molecule has 0 spiro atoms. The Balaban J connectivity index is 1.78. The molecular weight excluding hydrogens is 318 g/mol. The third-order valence-electron chi connectivity index (χ3n) is 4.09. The number of amides is 1. The number of sulfonamides is 1. The molecule has 3 rings (SSSR count). The van der Waals surface area contributed by atoms with Crippen molar-refractivity contribution in [1.82, 2.24) is 9.21 Å². The van der Waals surface area contributed by atoms with Gasteiger partial charge in [-0.2, -0.15) is 4.31 Å². The highest BCUT2D eigenvalue weighted by Crippen LogP contribution is 2.31. The Hall–Kier alpha value is -1.64. The number of nitrogens with one attached hydrogen (secondary N) is 1. The van der Waals surface area contributed by atoms with E-state index in [4.69, 9.17) is 4.74 Å². The molecule has 1 aromatic rings. The Morgan fingerprint density at radius 3 is 2.65 bits per heavy atom. The highest BCUT2D eigenvalue weighted by Gasteiger charge is 2.29. The van der Waals surface area contributed by atoms with E-state index in [1.807, 2.05) is 0 Å². The molecule has 8 heteroatoms. The molecule has 2 aliphatic rings. The lowest BCUT2D eigenvalue weighted by molar-refractivity contribution is -0.118. The van der Waals surface area contributed by atoms with Crippen LogP contribution in [0.2, 0.25) is 0 Å². The molecule has 2 heterocycles. The van der Waals surface area contributed by atoms with Gasteiger partial charge in [-0.3, -0.25) is 4.79 Å². The second-order valence-electron chi connectivity index (χ2n) is 5.74. The Kier molecular flexibility index (Phi) is 4.56. The van der Waals surface area contributed by atoms with Gasteiger partial charge in [0.15, 0.2) is 6.61 Å². The summed E-state index contributed by atoms with van der Waals surface area (Å²) in [6.07, 6.45) is 1.07. The van der Waals surface area contributed by atoms with Gasteiger partial charge in [0.2, 0.25) is 10.0 Å². The van der Waals surface area contributed by atoms with Crippen molar-refractivity contribution in [3.63, 3.8) is 0 Å². The zero-order valence-corrected chi connectivity index (χ0v) is 13.9. The number of ether oxygens (including phenoxy) is 1. The van der Waals surface area contributed by atoms with Gasteiger partial charge in [-0.05, 0) is 31.2 Å². The number of rotatable bonds is 4. The van der Waals surface area contributed by atoms with Crippen molar-refractivity contribution in [2.24, 2.45) is 0 Å². The summed E-state index contributed by atoms with van der Waals surface area (Å²) in [6, 6.07) is 4.60. The predicted molar refractivity (Wildman–Crippen MR) is 86.1 cm³/mol. The Bertz CT molecular complexity index is 697. The number of benzene rings is 1. The molecule has 7 nitrogen and oxygen atoms in total. The predicted octanol–water partition coefficient (Wildman–Crippen LogP) is 0.734. The number of fused-ring (bicyclic) bond motifs is 1. The van der Waals surface area contributed by atoms with Crippen LogP contribution in [0.15, 0.2) is 23.1 Å². The second kappa shape index (κ2) is 6.46. The zero-order valence-electron chi connectivity index (χ0n) is 13.1. The quantitative estimate of drug-likeness (QED) is 0.875. The molecule has 0 aliphatic carbocycles. The van der Waals surface area contributed by atoms with Crippen LogP contribution in [-0.2, 0) is 14.8 Å². The molecule has 0 saturated carbocycles. The van der Waals surface area contributed by atoms with Gasteiger partial charge in [0.25, 0.3) is 5.91 Å². The maximum atomic E-state index is 12.8. The maximum Gasteiger partial charge on any atom is 0.262 e. The summed E-state index contributed by atoms with van der Waals surface area (Å²) in [5.74, 6) is 0.219. The Labute approximate surface area is 136 Å². The largest absolute Gasteiger partial charge is 0.482 e. The summed E-state index contributed by atoms with van der Waals surface area (Å²) in [7, 11) is -3.55. The molecule has 1 fully saturated rings. The Morgan fingerprint density at radius 2 is 1.96 bits per heavy atom. The van der Waals surface area contributed by atoms with Gasteiger partial charge in [-0.15, -0.1) is 0 Å². The molecule has 0 unspecified atom stereocenters. The van der Waals surface area contributed by atoms with Crippen molar-refractivity contribution in [2.45, 2.75) is 18.2 Å². The number of hydrogen-bond acceptors (Lipinski definition) is 5. The van der Waals surface area contributed by atoms with Crippen molar-refractivity contribution in [1.29, 1.82) is 0 Å². The fraction of sp³-hybridized carbons (Fsp3) is 0.533. The van der Waals surface area contributed by atoms with E-state index in [9.17, 15) is 13.2 Å². The summed E-state index contributed by atoms with van der Waals surface area (Å²) in [5, 5.41) is 2.64. The smallest absolute Gasteiger partial charge is 0.262 e. The average molecular weight is 339 g/mol. The van der Waals surface area contributed by atoms with Gasteiger partial charge in [-0.1, -0.05) is 6.92 Å². The van der Waals surface area contributed by atoms with E-state index in [0.29, 0.717) is 24.5 Å². The van der Waals surface area contributed by atoms with Crippen molar-refractivity contribution in [3.8, 4) is 5.75 Å². The molecule has 0 atom stereocenters. The van der Waals surface area contributed by atoms with Gasteiger partial charge in [0.05, 0.1) is 10.6 Å². The van der Waals surface area contributed by atoms with Gasteiger partial charge in [0.1, 0.15) is 5.75 Å². The van der Waals surface area contributed by atoms with Gasteiger partial charge < -0.3 is 15.0 Å². The lowest BCUT2D eigenvalue weighted by Crippen LogP contribution is -2.48. The van der Waals surface area contributed by atoms with Gasteiger partial charge in [-0.25, -0.2) is 8.42 Å². The third-order valence-corrected chi connectivity index (χ3v) is 5.99. The highest BCUT2D eigenvalue weighted by molar-refractivity contribution is 7.89. The van der Waals surface area contributed by atoms with E-state index < -0.39 is 10.0 Å². The minimum Gasteiger partial charge on any atom is -0.482 e. The third kappa shape index (κ3) is 3.34. The number of carbonyl (C=O) groups is 1. The fourth-order valence-electron chi connectivity index (χ4n) is 2.88. The lowest BCUT2D eigenvalue weighted by atomic mass is 10.2.